The number of ether oxygens (including phenoxy) is 1. The van der Waals surface area contributed by atoms with Crippen LogP contribution in [0.2, 0.25) is 0 Å². The molecule has 20 heavy (non-hydrogen) atoms. The molecule has 2 rings (SSSR count). The first-order valence-electron chi connectivity index (χ1n) is 7.03. The number of aromatic amines is 1. The monoisotopic (exact) mass is 274 g/mol. The number of pyridine rings is 1. The predicted octanol–water partition coefficient (Wildman–Crippen LogP) is 2.42. The van der Waals surface area contributed by atoms with Crippen molar-refractivity contribution in [2.75, 3.05) is 27.2 Å². The number of hydrogen-bond acceptors (Lipinski definition) is 3. The summed E-state index contributed by atoms with van der Waals surface area (Å²) in [7, 11) is 4.08. The van der Waals surface area contributed by atoms with E-state index in [2.05, 4.69) is 9.88 Å². The van der Waals surface area contributed by atoms with E-state index in [1.54, 1.807) is 0 Å². The van der Waals surface area contributed by atoms with E-state index in [0.29, 0.717) is 6.61 Å². The van der Waals surface area contributed by atoms with Crippen LogP contribution in [0, 0.1) is 0 Å². The van der Waals surface area contributed by atoms with Gasteiger partial charge in [-0.05, 0) is 64.7 Å². The van der Waals surface area contributed by atoms with Crippen molar-refractivity contribution >= 4 is 10.9 Å². The fraction of sp³-hybridized carbons (Fsp3) is 0.438. The summed E-state index contributed by atoms with van der Waals surface area (Å²) in [6.07, 6.45) is 1.77. The lowest BCUT2D eigenvalue weighted by Gasteiger charge is -2.09. The maximum Gasteiger partial charge on any atom is 0.251 e. The number of benzene rings is 1. The SMILES string of the molecule is CCOc1ccc2[nH]c(=O)c(CCCN(C)C)cc2c1. The summed E-state index contributed by atoms with van der Waals surface area (Å²) < 4.78 is 5.50. The summed E-state index contributed by atoms with van der Waals surface area (Å²) in [5.74, 6) is 0.839. The van der Waals surface area contributed by atoms with Gasteiger partial charge in [0.1, 0.15) is 5.75 Å². The van der Waals surface area contributed by atoms with Crippen molar-refractivity contribution in [3.8, 4) is 5.75 Å². The maximum atomic E-state index is 12.0. The molecule has 0 saturated heterocycles. The second-order valence-corrected chi connectivity index (χ2v) is 5.21. The Morgan fingerprint density at radius 3 is 2.75 bits per heavy atom. The number of nitrogens with one attached hydrogen (secondary N) is 1. The molecule has 0 spiro atoms. The second kappa shape index (κ2) is 6.57. The van der Waals surface area contributed by atoms with Gasteiger partial charge < -0.3 is 14.6 Å². The fourth-order valence-corrected chi connectivity index (χ4v) is 2.26. The molecule has 0 radical (unpaired) electrons. The zero-order valence-corrected chi connectivity index (χ0v) is 12.4. The highest BCUT2D eigenvalue weighted by atomic mass is 16.5. The Hall–Kier alpha value is -1.81. The molecule has 0 aliphatic rings. The third-order valence-corrected chi connectivity index (χ3v) is 3.26. The Morgan fingerprint density at radius 1 is 1.25 bits per heavy atom. The van der Waals surface area contributed by atoms with Gasteiger partial charge in [-0.15, -0.1) is 0 Å². The van der Waals surface area contributed by atoms with E-state index in [-0.39, 0.29) is 5.56 Å². The maximum absolute atomic E-state index is 12.0. The zero-order chi connectivity index (χ0) is 14.5. The van der Waals surface area contributed by atoms with Gasteiger partial charge in [-0.25, -0.2) is 0 Å². The van der Waals surface area contributed by atoms with Gasteiger partial charge in [-0.2, -0.15) is 0 Å². The van der Waals surface area contributed by atoms with Gasteiger partial charge >= 0.3 is 0 Å². The lowest BCUT2D eigenvalue weighted by Crippen LogP contribution is -2.17. The third-order valence-electron chi connectivity index (χ3n) is 3.26. The molecule has 4 nitrogen and oxygen atoms in total. The molecule has 1 N–H and O–H groups in total. The second-order valence-electron chi connectivity index (χ2n) is 5.21. The molecule has 1 heterocycles. The molecule has 4 heteroatoms. The summed E-state index contributed by atoms with van der Waals surface area (Å²) in [5.41, 5.74) is 1.71. The predicted molar refractivity (Wildman–Crippen MR) is 82.6 cm³/mol. The van der Waals surface area contributed by atoms with Crippen LogP contribution in [-0.2, 0) is 6.42 Å². The molecule has 0 amide bonds. The Morgan fingerprint density at radius 2 is 2.05 bits per heavy atom. The number of rotatable bonds is 6. The highest BCUT2D eigenvalue weighted by molar-refractivity contribution is 5.80. The van der Waals surface area contributed by atoms with Gasteiger partial charge in [-0.1, -0.05) is 0 Å². The zero-order valence-electron chi connectivity index (χ0n) is 12.4. The van der Waals surface area contributed by atoms with E-state index in [9.17, 15) is 4.79 Å². The number of fused-ring (bicyclic) bond motifs is 1. The first-order chi connectivity index (χ1) is 9.60. The van der Waals surface area contributed by atoms with Gasteiger partial charge in [0.25, 0.3) is 5.56 Å². The molecule has 0 saturated carbocycles. The number of nitrogens with zero attached hydrogens (tertiary/aromatic N) is 1. The van der Waals surface area contributed by atoms with Crippen molar-refractivity contribution in [1.29, 1.82) is 0 Å². The molecule has 0 atom stereocenters. The highest BCUT2D eigenvalue weighted by Crippen LogP contribution is 2.19. The van der Waals surface area contributed by atoms with Crippen molar-refractivity contribution in [2.45, 2.75) is 19.8 Å². The number of hydrogen-bond donors (Lipinski definition) is 1. The van der Waals surface area contributed by atoms with E-state index in [0.717, 1.165) is 41.6 Å². The minimum atomic E-state index is 0.0143. The molecule has 0 fully saturated rings. The molecular weight excluding hydrogens is 252 g/mol. The lowest BCUT2D eigenvalue weighted by atomic mass is 10.1. The van der Waals surface area contributed by atoms with Crippen LogP contribution in [0.25, 0.3) is 10.9 Å². The van der Waals surface area contributed by atoms with Crippen LogP contribution in [0.4, 0.5) is 0 Å². The van der Waals surface area contributed by atoms with Crippen LogP contribution < -0.4 is 10.3 Å². The lowest BCUT2D eigenvalue weighted by molar-refractivity contribution is 0.340. The average Bonchev–Trinajstić information content (AvgIpc) is 2.39. The number of H-pyrrole nitrogens is 1. The van der Waals surface area contributed by atoms with Gasteiger partial charge in [0.15, 0.2) is 0 Å². The Labute approximate surface area is 119 Å². The van der Waals surface area contributed by atoms with Gasteiger partial charge in [0, 0.05) is 16.5 Å². The minimum absolute atomic E-state index is 0.0143. The largest absolute Gasteiger partial charge is 0.494 e. The molecule has 0 unspecified atom stereocenters. The van der Waals surface area contributed by atoms with E-state index in [4.69, 9.17) is 4.74 Å². The number of aryl methyl sites for hydroxylation is 1. The van der Waals surface area contributed by atoms with Crippen LogP contribution in [0.1, 0.15) is 18.9 Å². The molecule has 1 aromatic heterocycles. The molecular formula is C16H22N2O2. The smallest absolute Gasteiger partial charge is 0.251 e. The van der Waals surface area contributed by atoms with Crippen molar-refractivity contribution in [1.82, 2.24) is 9.88 Å². The van der Waals surface area contributed by atoms with E-state index < -0.39 is 0 Å². The first-order valence-corrected chi connectivity index (χ1v) is 7.03. The normalized spacial score (nSPS) is 11.2. The molecule has 2 aromatic rings. The summed E-state index contributed by atoms with van der Waals surface area (Å²) in [5, 5.41) is 1.02. The Bertz CT molecular complexity index is 632. The summed E-state index contributed by atoms with van der Waals surface area (Å²) in [6, 6.07) is 7.73. The van der Waals surface area contributed by atoms with Crippen LogP contribution in [0.15, 0.2) is 29.1 Å². The van der Waals surface area contributed by atoms with E-state index in [1.807, 2.05) is 45.3 Å². The molecule has 0 aliphatic heterocycles. The number of aromatic nitrogens is 1. The van der Waals surface area contributed by atoms with Crippen LogP contribution in [-0.4, -0.2) is 37.1 Å². The third kappa shape index (κ3) is 3.61. The molecule has 1 aromatic carbocycles. The fourth-order valence-electron chi connectivity index (χ4n) is 2.26. The van der Waals surface area contributed by atoms with Crippen LogP contribution in [0.3, 0.4) is 0 Å². The quantitative estimate of drug-likeness (QED) is 0.880. The van der Waals surface area contributed by atoms with Crippen LogP contribution in [0.5, 0.6) is 5.75 Å². The summed E-state index contributed by atoms with van der Waals surface area (Å²) in [4.78, 5) is 17.1. The van der Waals surface area contributed by atoms with Crippen molar-refractivity contribution in [3.05, 3.63) is 40.2 Å². The molecule has 108 valence electrons. The summed E-state index contributed by atoms with van der Waals surface area (Å²) in [6.45, 7) is 3.59. The minimum Gasteiger partial charge on any atom is -0.494 e. The Balaban J connectivity index is 2.26. The molecule has 0 aliphatic carbocycles. The average molecular weight is 274 g/mol. The standard InChI is InChI=1S/C16H22N2O2/c1-4-20-14-7-8-15-13(11-14)10-12(16(19)17-15)6-5-9-18(2)3/h7-8,10-11H,4-6,9H2,1-3H3,(H,17,19). The van der Waals surface area contributed by atoms with E-state index >= 15 is 0 Å². The van der Waals surface area contributed by atoms with Crippen molar-refractivity contribution in [3.63, 3.8) is 0 Å². The Kier molecular flexibility index (Phi) is 4.79. The summed E-state index contributed by atoms with van der Waals surface area (Å²) >= 11 is 0. The van der Waals surface area contributed by atoms with Gasteiger partial charge in [0.05, 0.1) is 6.61 Å². The van der Waals surface area contributed by atoms with Gasteiger partial charge in [-0.3, -0.25) is 4.79 Å². The highest BCUT2D eigenvalue weighted by Gasteiger charge is 2.04. The van der Waals surface area contributed by atoms with Crippen molar-refractivity contribution < 1.29 is 4.74 Å². The molecule has 0 bridgehead atoms. The van der Waals surface area contributed by atoms with E-state index in [1.165, 1.54) is 0 Å². The first kappa shape index (κ1) is 14.6. The van der Waals surface area contributed by atoms with Crippen molar-refractivity contribution in [2.24, 2.45) is 0 Å². The van der Waals surface area contributed by atoms with Gasteiger partial charge in [0.2, 0.25) is 0 Å². The van der Waals surface area contributed by atoms with Crippen LogP contribution >= 0.6 is 0 Å². The topological polar surface area (TPSA) is 45.3 Å².